The Balaban J connectivity index is 1.61. The number of aryl methyl sites for hydroxylation is 1. The molecule has 156 valence electrons. The maximum Gasteiger partial charge on any atom is 0.255 e. The number of thioether (sulfide) groups is 1. The molecule has 0 unspecified atom stereocenters. The van der Waals surface area contributed by atoms with Gasteiger partial charge in [-0.15, -0.1) is 11.8 Å². The van der Waals surface area contributed by atoms with Gasteiger partial charge in [0.15, 0.2) is 5.82 Å². The van der Waals surface area contributed by atoms with Gasteiger partial charge in [-0.25, -0.2) is 0 Å². The number of anilines is 1. The van der Waals surface area contributed by atoms with Gasteiger partial charge in [0.1, 0.15) is 5.75 Å². The molecule has 3 rings (SSSR count). The van der Waals surface area contributed by atoms with Crippen molar-refractivity contribution in [1.82, 2.24) is 15.0 Å². The zero-order chi connectivity index (χ0) is 21.5. The molecule has 1 N–H and O–H groups in total. The van der Waals surface area contributed by atoms with Crippen LogP contribution in [0.1, 0.15) is 22.1 Å². The largest absolute Gasteiger partial charge is 0.497 e. The Morgan fingerprint density at radius 1 is 1.17 bits per heavy atom. The summed E-state index contributed by atoms with van der Waals surface area (Å²) in [6, 6.07) is 14.2. The van der Waals surface area contributed by atoms with E-state index >= 15 is 0 Å². The summed E-state index contributed by atoms with van der Waals surface area (Å²) >= 11 is 1.44. The van der Waals surface area contributed by atoms with E-state index < -0.39 is 0 Å². The zero-order valence-corrected chi connectivity index (χ0v) is 17.7. The molecule has 1 aromatic heterocycles. The number of methoxy groups -OCH3 is 1. The van der Waals surface area contributed by atoms with Crippen molar-refractivity contribution in [1.29, 1.82) is 0 Å². The molecule has 9 heteroatoms. The highest BCUT2D eigenvalue weighted by molar-refractivity contribution is 7.98. The van der Waals surface area contributed by atoms with Gasteiger partial charge in [0.2, 0.25) is 11.8 Å². The molecule has 0 aliphatic rings. The second-order valence-electron chi connectivity index (χ2n) is 6.45. The molecule has 0 aliphatic heterocycles. The van der Waals surface area contributed by atoms with Crippen molar-refractivity contribution in [2.45, 2.75) is 17.6 Å². The van der Waals surface area contributed by atoms with Crippen LogP contribution < -0.4 is 10.1 Å². The van der Waals surface area contributed by atoms with Gasteiger partial charge in [-0.2, -0.15) is 4.98 Å². The molecule has 2 amide bonds. The fraction of sp³-hybridized carbons (Fsp3) is 0.238. The number of carbonyl (C=O) groups is 2. The molecule has 3 aromatic rings. The maximum atomic E-state index is 12.9. The summed E-state index contributed by atoms with van der Waals surface area (Å²) in [6.07, 6.45) is 0. The zero-order valence-electron chi connectivity index (χ0n) is 16.9. The number of carbonyl (C=O) groups excluding carboxylic acids is 2. The number of amides is 2. The highest BCUT2D eigenvalue weighted by Gasteiger charge is 2.19. The molecule has 0 aliphatic carbocycles. The van der Waals surface area contributed by atoms with Gasteiger partial charge in [-0.05, 0) is 36.4 Å². The van der Waals surface area contributed by atoms with Gasteiger partial charge in [-0.1, -0.05) is 17.3 Å². The SMILES string of the molecule is COc1ccc(NC(=O)CN(C)C(=O)c2ccccc2SCc2noc(C)n2)cc1. The molecule has 0 radical (unpaired) electrons. The van der Waals surface area contributed by atoms with E-state index in [1.54, 1.807) is 57.5 Å². The fourth-order valence-electron chi connectivity index (χ4n) is 2.68. The van der Waals surface area contributed by atoms with Crippen molar-refractivity contribution in [3.05, 3.63) is 65.8 Å². The quantitative estimate of drug-likeness (QED) is 0.551. The van der Waals surface area contributed by atoms with Crippen molar-refractivity contribution >= 4 is 29.3 Å². The lowest BCUT2D eigenvalue weighted by atomic mass is 10.2. The van der Waals surface area contributed by atoms with Crippen molar-refractivity contribution < 1.29 is 18.8 Å². The third-order valence-electron chi connectivity index (χ3n) is 4.15. The van der Waals surface area contributed by atoms with E-state index in [0.29, 0.717) is 34.5 Å². The Kier molecular flexibility index (Phi) is 7.08. The average molecular weight is 426 g/mol. The first-order chi connectivity index (χ1) is 14.5. The summed E-state index contributed by atoms with van der Waals surface area (Å²) in [4.78, 5) is 31.6. The number of benzene rings is 2. The molecule has 8 nitrogen and oxygen atoms in total. The van der Waals surface area contributed by atoms with Gasteiger partial charge < -0.3 is 19.5 Å². The van der Waals surface area contributed by atoms with Crippen LogP contribution in [0.2, 0.25) is 0 Å². The van der Waals surface area contributed by atoms with Crippen LogP contribution in [-0.4, -0.2) is 47.6 Å². The summed E-state index contributed by atoms with van der Waals surface area (Å²) in [5, 5.41) is 6.64. The van der Waals surface area contributed by atoms with Crippen molar-refractivity contribution in [3.63, 3.8) is 0 Å². The fourth-order valence-corrected chi connectivity index (χ4v) is 3.57. The second-order valence-corrected chi connectivity index (χ2v) is 7.47. The number of hydrogen-bond donors (Lipinski definition) is 1. The molecule has 1 heterocycles. The van der Waals surface area contributed by atoms with Gasteiger partial charge in [0.25, 0.3) is 5.91 Å². The van der Waals surface area contributed by atoms with E-state index in [1.165, 1.54) is 16.7 Å². The minimum Gasteiger partial charge on any atom is -0.497 e. The smallest absolute Gasteiger partial charge is 0.255 e. The highest BCUT2D eigenvalue weighted by Crippen LogP contribution is 2.26. The summed E-state index contributed by atoms with van der Waals surface area (Å²) in [5.41, 5.74) is 1.15. The summed E-state index contributed by atoms with van der Waals surface area (Å²) in [5.74, 6) is 1.70. The van der Waals surface area contributed by atoms with Crippen molar-refractivity contribution in [2.24, 2.45) is 0 Å². The lowest BCUT2D eigenvalue weighted by Crippen LogP contribution is -2.35. The van der Waals surface area contributed by atoms with Crippen LogP contribution in [0.25, 0.3) is 0 Å². The number of likely N-dealkylation sites (N-methyl/N-ethyl adjacent to an activating group) is 1. The van der Waals surface area contributed by atoms with E-state index in [9.17, 15) is 9.59 Å². The molecule has 0 spiro atoms. The van der Waals surface area contributed by atoms with Gasteiger partial charge >= 0.3 is 0 Å². The average Bonchev–Trinajstić information content (AvgIpc) is 3.17. The Bertz CT molecular complexity index is 1020. The molecular formula is C21H22N4O4S. The van der Waals surface area contributed by atoms with Crippen LogP contribution in [0.5, 0.6) is 5.75 Å². The predicted octanol–water partition coefficient (Wildman–Crippen LogP) is 3.39. The molecule has 30 heavy (non-hydrogen) atoms. The Hall–Kier alpha value is -3.33. The molecule has 0 saturated carbocycles. The first-order valence-electron chi connectivity index (χ1n) is 9.16. The predicted molar refractivity (Wildman–Crippen MR) is 114 cm³/mol. The summed E-state index contributed by atoms with van der Waals surface area (Å²) in [6.45, 7) is 1.65. The third-order valence-corrected chi connectivity index (χ3v) is 5.21. The first-order valence-corrected chi connectivity index (χ1v) is 10.1. The Labute approximate surface area is 178 Å². The maximum absolute atomic E-state index is 12.9. The van der Waals surface area contributed by atoms with E-state index in [2.05, 4.69) is 15.5 Å². The van der Waals surface area contributed by atoms with Crippen molar-refractivity contribution in [3.8, 4) is 5.75 Å². The Morgan fingerprint density at radius 3 is 2.57 bits per heavy atom. The normalized spacial score (nSPS) is 10.5. The molecule has 0 saturated heterocycles. The van der Waals surface area contributed by atoms with Crippen LogP contribution in [0.3, 0.4) is 0 Å². The van der Waals surface area contributed by atoms with Crippen LogP contribution in [0.4, 0.5) is 5.69 Å². The number of hydrogen-bond acceptors (Lipinski definition) is 7. The molecule has 2 aromatic carbocycles. The second kappa shape index (κ2) is 9.93. The number of nitrogens with one attached hydrogen (secondary N) is 1. The van der Waals surface area contributed by atoms with Crippen molar-refractivity contribution in [2.75, 3.05) is 26.0 Å². The van der Waals surface area contributed by atoms with Gasteiger partial charge in [0, 0.05) is 24.6 Å². The number of rotatable bonds is 8. The minimum absolute atomic E-state index is 0.0755. The summed E-state index contributed by atoms with van der Waals surface area (Å²) < 4.78 is 10.1. The lowest BCUT2D eigenvalue weighted by Gasteiger charge is -2.18. The number of nitrogens with zero attached hydrogens (tertiary/aromatic N) is 3. The minimum atomic E-state index is -0.288. The topological polar surface area (TPSA) is 97.6 Å². The van der Waals surface area contributed by atoms with E-state index in [-0.39, 0.29) is 18.4 Å². The van der Waals surface area contributed by atoms with Crippen LogP contribution in [0.15, 0.2) is 57.9 Å². The first kappa shape index (κ1) is 21.4. The van der Waals surface area contributed by atoms with E-state index in [1.807, 2.05) is 12.1 Å². The van der Waals surface area contributed by atoms with E-state index in [4.69, 9.17) is 9.26 Å². The summed E-state index contributed by atoms with van der Waals surface area (Å²) in [7, 11) is 3.17. The molecular weight excluding hydrogens is 404 g/mol. The van der Waals surface area contributed by atoms with Gasteiger partial charge in [0.05, 0.1) is 25.0 Å². The number of ether oxygens (including phenoxy) is 1. The molecule has 0 bridgehead atoms. The number of aromatic nitrogens is 2. The molecule has 0 atom stereocenters. The standard InChI is InChI=1S/C21H22N4O4S/c1-14-22-19(24-29-14)13-30-18-7-5-4-6-17(18)21(27)25(2)12-20(26)23-15-8-10-16(28-3)11-9-15/h4-11H,12-13H2,1-3H3,(H,23,26). The van der Waals surface area contributed by atoms with Crippen LogP contribution >= 0.6 is 11.8 Å². The lowest BCUT2D eigenvalue weighted by molar-refractivity contribution is -0.116. The van der Waals surface area contributed by atoms with Gasteiger partial charge in [-0.3, -0.25) is 9.59 Å². The van der Waals surface area contributed by atoms with E-state index in [0.717, 1.165) is 4.90 Å². The molecule has 0 fully saturated rings. The Morgan fingerprint density at radius 2 is 1.90 bits per heavy atom. The highest BCUT2D eigenvalue weighted by atomic mass is 32.2. The monoisotopic (exact) mass is 426 g/mol. The van der Waals surface area contributed by atoms with Crippen LogP contribution in [-0.2, 0) is 10.5 Å². The third kappa shape index (κ3) is 5.60. The van der Waals surface area contributed by atoms with Crippen LogP contribution in [0, 0.1) is 6.92 Å².